The number of methoxy groups -OCH3 is 1. The molecule has 2 heterocycles. The number of rotatable bonds is 5. The van der Waals surface area contributed by atoms with E-state index in [0.717, 1.165) is 19.8 Å². The molecular weight excluding hydrogens is 406 g/mol. The molecule has 2 N–H and O–H groups in total. The van der Waals surface area contributed by atoms with Gasteiger partial charge in [0.2, 0.25) is 0 Å². The maximum absolute atomic E-state index is 14.8. The third kappa shape index (κ3) is 4.16. The Morgan fingerprint density at radius 3 is 2.74 bits per heavy atom. The van der Waals surface area contributed by atoms with Crippen LogP contribution in [0.5, 0.6) is 0 Å². The van der Waals surface area contributed by atoms with Crippen LogP contribution in [0.2, 0.25) is 0 Å². The zero-order valence-electron chi connectivity index (χ0n) is 17.2. The number of urea groups is 1. The second-order valence-corrected chi connectivity index (χ2v) is 7.92. The van der Waals surface area contributed by atoms with Crippen molar-refractivity contribution in [2.75, 3.05) is 12.4 Å². The van der Waals surface area contributed by atoms with E-state index in [1.807, 2.05) is 0 Å². The number of fused-ring (bicyclic) bond motifs is 1. The Kier molecular flexibility index (Phi) is 5.27. The SMILES string of the molecule is COCc1cc(=O)n(Cc2ccc3c(c2)NC(=O)NC3(C#CC2CC2)C(C)(F)F)cn1. The van der Waals surface area contributed by atoms with Crippen molar-refractivity contribution < 1.29 is 18.3 Å². The molecular formula is C22H22F2N4O3. The first kappa shape index (κ1) is 21.0. The van der Waals surface area contributed by atoms with Crippen LogP contribution in [0, 0.1) is 17.8 Å². The van der Waals surface area contributed by atoms with E-state index in [1.165, 1.54) is 30.1 Å². The van der Waals surface area contributed by atoms with E-state index in [9.17, 15) is 18.4 Å². The number of carbonyl (C=O) groups is 1. The van der Waals surface area contributed by atoms with E-state index in [1.54, 1.807) is 12.1 Å². The van der Waals surface area contributed by atoms with Crippen LogP contribution in [0.4, 0.5) is 19.3 Å². The molecule has 0 spiro atoms. The molecule has 1 aliphatic carbocycles. The smallest absolute Gasteiger partial charge is 0.320 e. The van der Waals surface area contributed by atoms with Crippen molar-refractivity contribution in [1.82, 2.24) is 14.9 Å². The highest BCUT2D eigenvalue weighted by atomic mass is 19.3. The lowest BCUT2D eigenvalue weighted by atomic mass is 9.81. The van der Waals surface area contributed by atoms with Gasteiger partial charge in [-0.1, -0.05) is 24.0 Å². The van der Waals surface area contributed by atoms with Crippen LogP contribution < -0.4 is 16.2 Å². The molecule has 2 amide bonds. The summed E-state index contributed by atoms with van der Waals surface area (Å²) in [6.45, 7) is 1.15. The Hall–Kier alpha value is -3.25. The van der Waals surface area contributed by atoms with Crippen molar-refractivity contribution in [3.63, 3.8) is 0 Å². The number of ether oxygens (including phenoxy) is 1. The predicted octanol–water partition coefficient (Wildman–Crippen LogP) is 2.84. The average molecular weight is 428 g/mol. The second-order valence-electron chi connectivity index (χ2n) is 7.92. The molecule has 7 nitrogen and oxygen atoms in total. The number of nitrogens with zero attached hydrogens (tertiary/aromatic N) is 2. The summed E-state index contributed by atoms with van der Waals surface area (Å²) in [6, 6.07) is 5.38. The fourth-order valence-corrected chi connectivity index (χ4v) is 3.51. The van der Waals surface area contributed by atoms with E-state index < -0.39 is 17.5 Å². The minimum absolute atomic E-state index is 0.0918. The lowest BCUT2D eigenvalue weighted by molar-refractivity contribution is -0.0464. The molecule has 162 valence electrons. The minimum Gasteiger partial charge on any atom is -0.378 e. The van der Waals surface area contributed by atoms with E-state index >= 15 is 0 Å². The number of halogens is 2. The van der Waals surface area contributed by atoms with Gasteiger partial charge in [0.1, 0.15) is 0 Å². The molecule has 1 aliphatic heterocycles. The van der Waals surface area contributed by atoms with E-state index in [2.05, 4.69) is 27.5 Å². The minimum atomic E-state index is -3.32. The molecule has 0 saturated heterocycles. The molecule has 9 heteroatoms. The van der Waals surface area contributed by atoms with Gasteiger partial charge in [-0.2, -0.15) is 0 Å². The topological polar surface area (TPSA) is 85.2 Å². The van der Waals surface area contributed by atoms with Crippen molar-refractivity contribution in [2.24, 2.45) is 5.92 Å². The van der Waals surface area contributed by atoms with Gasteiger partial charge in [0.15, 0.2) is 5.54 Å². The number of hydrogen-bond donors (Lipinski definition) is 2. The van der Waals surface area contributed by atoms with Crippen molar-refractivity contribution in [3.05, 3.63) is 57.8 Å². The third-order valence-electron chi connectivity index (χ3n) is 5.32. The molecule has 2 aliphatic rings. The van der Waals surface area contributed by atoms with Gasteiger partial charge in [-0.15, -0.1) is 0 Å². The quantitative estimate of drug-likeness (QED) is 0.718. The molecule has 1 aromatic heterocycles. The summed E-state index contributed by atoms with van der Waals surface area (Å²) < 4.78 is 35.9. The number of aromatic nitrogens is 2. The third-order valence-corrected chi connectivity index (χ3v) is 5.32. The standard InChI is InChI=1S/C22H22F2N4O3/c1-21(23,24)22(8-7-14-3-4-14)17-6-5-15(9-18(17)26-20(30)27-22)11-28-13-25-16(12-31-2)10-19(28)29/h5-6,9-10,13-14H,3-4,11-12H2,1-2H3,(H2,26,27,30). The highest BCUT2D eigenvalue weighted by molar-refractivity contribution is 5.95. The summed E-state index contributed by atoms with van der Waals surface area (Å²) in [5, 5.41) is 4.94. The molecule has 0 radical (unpaired) electrons. The molecule has 2 aromatic rings. The lowest BCUT2D eigenvalue weighted by Crippen LogP contribution is -2.59. The zero-order valence-corrected chi connectivity index (χ0v) is 17.2. The first-order valence-electron chi connectivity index (χ1n) is 9.89. The van der Waals surface area contributed by atoms with Gasteiger partial charge in [-0.3, -0.25) is 9.36 Å². The summed E-state index contributed by atoms with van der Waals surface area (Å²) >= 11 is 0. The number of alkyl halides is 2. The van der Waals surface area contributed by atoms with Crippen LogP contribution in [0.3, 0.4) is 0 Å². The predicted molar refractivity (Wildman–Crippen MR) is 110 cm³/mol. The van der Waals surface area contributed by atoms with Crippen LogP contribution in [0.1, 0.15) is 36.6 Å². The molecule has 1 aromatic carbocycles. The normalized spacial score (nSPS) is 20.2. The average Bonchev–Trinajstić information content (AvgIpc) is 3.52. The van der Waals surface area contributed by atoms with Gasteiger partial charge in [-0.05, 0) is 24.5 Å². The number of benzene rings is 1. The Balaban J connectivity index is 1.71. The van der Waals surface area contributed by atoms with Crippen molar-refractivity contribution in [1.29, 1.82) is 0 Å². The maximum Gasteiger partial charge on any atom is 0.320 e. The van der Waals surface area contributed by atoms with Gasteiger partial charge >= 0.3 is 6.03 Å². The first-order chi connectivity index (χ1) is 14.7. The van der Waals surface area contributed by atoms with Crippen LogP contribution in [0.25, 0.3) is 0 Å². The first-order valence-corrected chi connectivity index (χ1v) is 9.89. The van der Waals surface area contributed by atoms with Crippen molar-refractivity contribution >= 4 is 11.7 Å². The van der Waals surface area contributed by atoms with Gasteiger partial charge in [0.05, 0.1) is 25.2 Å². The molecule has 0 bridgehead atoms. The summed E-state index contributed by atoms with van der Waals surface area (Å²) in [6.07, 6.45) is 3.16. The monoisotopic (exact) mass is 428 g/mol. The van der Waals surface area contributed by atoms with Crippen molar-refractivity contribution in [3.8, 4) is 11.8 Å². The van der Waals surface area contributed by atoms with Crippen LogP contribution in [-0.4, -0.2) is 28.6 Å². The lowest BCUT2D eigenvalue weighted by Gasteiger charge is -2.40. The maximum atomic E-state index is 14.8. The van der Waals surface area contributed by atoms with E-state index in [-0.39, 0.29) is 35.9 Å². The Labute approximate surface area is 177 Å². The van der Waals surface area contributed by atoms with E-state index in [0.29, 0.717) is 11.3 Å². The molecule has 1 atom stereocenters. The molecule has 1 saturated carbocycles. The summed E-state index contributed by atoms with van der Waals surface area (Å²) in [5.74, 6) is 2.32. The van der Waals surface area contributed by atoms with Crippen molar-refractivity contribution in [2.45, 2.75) is 44.4 Å². The molecule has 1 fully saturated rings. The molecule has 1 unspecified atom stereocenters. The zero-order chi connectivity index (χ0) is 22.2. The number of anilines is 1. The van der Waals surface area contributed by atoms with Crippen LogP contribution in [0.15, 0.2) is 35.4 Å². The Morgan fingerprint density at radius 1 is 1.32 bits per heavy atom. The summed E-state index contributed by atoms with van der Waals surface area (Å²) in [7, 11) is 1.51. The number of amides is 2. The largest absolute Gasteiger partial charge is 0.378 e. The van der Waals surface area contributed by atoms with Crippen LogP contribution in [-0.2, 0) is 23.4 Å². The van der Waals surface area contributed by atoms with Gasteiger partial charge in [-0.25, -0.2) is 18.6 Å². The summed E-state index contributed by atoms with van der Waals surface area (Å²) in [5.41, 5.74) is -0.798. The van der Waals surface area contributed by atoms with Gasteiger partial charge in [0.25, 0.3) is 11.5 Å². The van der Waals surface area contributed by atoms with Gasteiger partial charge < -0.3 is 15.4 Å². The Morgan fingerprint density at radius 2 is 2.10 bits per heavy atom. The Bertz CT molecular complexity index is 1140. The molecule has 4 rings (SSSR count). The number of carbonyl (C=O) groups excluding carboxylic acids is 1. The highest BCUT2D eigenvalue weighted by Crippen LogP contribution is 2.43. The summed E-state index contributed by atoms with van der Waals surface area (Å²) in [4.78, 5) is 28.8. The molecule has 31 heavy (non-hydrogen) atoms. The highest BCUT2D eigenvalue weighted by Gasteiger charge is 2.55. The fraction of sp³-hybridized carbons (Fsp3) is 0.409. The fourth-order valence-electron chi connectivity index (χ4n) is 3.51. The number of nitrogens with one attached hydrogen (secondary N) is 2. The van der Waals surface area contributed by atoms with E-state index in [4.69, 9.17) is 4.74 Å². The van der Waals surface area contributed by atoms with Gasteiger partial charge in [0, 0.05) is 37.3 Å². The second kappa shape index (κ2) is 7.78. The van der Waals surface area contributed by atoms with Crippen LogP contribution >= 0.6 is 0 Å². The number of hydrogen-bond acceptors (Lipinski definition) is 4.